The van der Waals surface area contributed by atoms with E-state index in [0.29, 0.717) is 12.8 Å². The zero-order valence-corrected chi connectivity index (χ0v) is 12.1. The molecule has 5 heteroatoms. The van der Waals surface area contributed by atoms with Crippen molar-refractivity contribution in [1.82, 2.24) is 10.2 Å². The van der Waals surface area contributed by atoms with Crippen molar-refractivity contribution in [2.45, 2.75) is 12.8 Å². The average molecular weight is 278 g/mol. The third-order valence-electron chi connectivity index (χ3n) is 3.57. The normalized spacial score (nSPS) is 15.0. The number of hydrogen-bond acceptors (Lipinski definition) is 4. The van der Waals surface area contributed by atoms with Gasteiger partial charge in [0.1, 0.15) is 11.5 Å². The van der Waals surface area contributed by atoms with Crippen LogP contribution in [-0.2, 0) is 11.2 Å². The van der Waals surface area contributed by atoms with Crippen molar-refractivity contribution < 1.29 is 14.3 Å². The lowest BCUT2D eigenvalue weighted by atomic mass is 10.1. The van der Waals surface area contributed by atoms with E-state index >= 15 is 0 Å². The monoisotopic (exact) mass is 278 g/mol. The first kappa shape index (κ1) is 14.7. The van der Waals surface area contributed by atoms with Crippen molar-refractivity contribution in [2.24, 2.45) is 0 Å². The quantitative estimate of drug-likeness (QED) is 0.875. The van der Waals surface area contributed by atoms with Gasteiger partial charge in [-0.25, -0.2) is 0 Å². The van der Waals surface area contributed by atoms with Crippen molar-refractivity contribution >= 4 is 5.91 Å². The van der Waals surface area contributed by atoms with Gasteiger partial charge >= 0.3 is 0 Å². The van der Waals surface area contributed by atoms with Gasteiger partial charge in [0, 0.05) is 38.7 Å². The molecule has 1 heterocycles. The molecular weight excluding hydrogens is 256 g/mol. The zero-order chi connectivity index (χ0) is 14.4. The molecule has 2 rings (SSSR count). The first-order chi connectivity index (χ1) is 9.74. The second kappa shape index (κ2) is 7.14. The van der Waals surface area contributed by atoms with Crippen molar-refractivity contribution in [1.29, 1.82) is 0 Å². The van der Waals surface area contributed by atoms with Gasteiger partial charge in [0.05, 0.1) is 14.2 Å². The second-order valence-corrected chi connectivity index (χ2v) is 4.81. The van der Waals surface area contributed by atoms with Gasteiger partial charge < -0.3 is 19.7 Å². The first-order valence-electron chi connectivity index (χ1n) is 6.94. The minimum Gasteiger partial charge on any atom is -0.497 e. The maximum Gasteiger partial charge on any atom is 0.222 e. The summed E-state index contributed by atoms with van der Waals surface area (Å²) < 4.78 is 10.5. The summed E-state index contributed by atoms with van der Waals surface area (Å²) in [6.45, 7) is 3.38. The lowest BCUT2D eigenvalue weighted by molar-refractivity contribution is -0.131. The SMILES string of the molecule is COc1ccc(CCC(=O)N2CCNCC2)c(OC)c1. The van der Waals surface area contributed by atoms with E-state index in [2.05, 4.69) is 5.32 Å². The fourth-order valence-electron chi connectivity index (χ4n) is 2.37. The fraction of sp³-hybridized carbons (Fsp3) is 0.533. The molecule has 1 amide bonds. The third-order valence-corrected chi connectivity index (χ3v) is 3.57. The lowest BCUT2D eigenvalue weighted by Gasteiger charge is -2.27. The van der Waals surface area contributed by atoms with Crippen molar-refractivity contribution in [3.63, 3.8) is 0 Å². The number of nitrogens with one attached hydrogen (secondary N) is 1. The maximum absolute atomic E-state index is 12.1. The highest BCUT2D eigenvalue weighted by molar-refractivity contribution is 5.76. The minimum atomic E-state index is 0.212. The Hall–Kier alpha value is -1.75. The van der Waals surface area contributed by atoms with E-state index in [9.17, 15) is 4.79 Å². The highest BCUT2D eigenvalue weighted by atomic mass is 16.5. The van der Waals surface area contributed by atoms with Crippen LogP contribution in [0, 0.1) is 0 Å². The van der Waals surface area contributed by atoms with Crippen LogP contribution in [0.3, 0.4) is 0 Å². The van der Waals surface area contributed by atoms with E-state index in [0.717, 1.165) is 43.2 Å². The molecule has 110 valence electrons. The van der Waals surface area contributed by atoms with Crippen LogP contribution < -0.4 is 14.8 Å². The molecule has 0 aliphatic carbocycles. The third kappa shape index (κ3) is 3.63. The first-order valence-corrected chi connectivity index (χ1v) is 6.94. The van der Waals surface area contributed by atoms with E-state index in [-0.39, 0.29) is 5.91 Å². The van der Waals surface area contributed by atoms with Crippen LogP contribution in [0.2, 0.25) is 0 Å². The molecular formula is C15H22N2O3. The van der Waals surface area contributed by atoms with E-state index in [1.165, 1.54) is 0 Å². The van der Waals surface area contributed by atoms with Crippen LogP contribution in [0.5, 0.6) is 11.5 Å². The smallest absolute Gasteiger partial charge is 0.222 e. The topological polar surface area (TPSA) is 50.8 Å². The summed E-state index contributed by atoms with van der Waals surface area (Å²) in [5.41, 5.74) is 1.04. The highest BCUT2D eigenvalue weighted by Gasteiger charge is 2.16. The van der Waals surface area contributed by atoms with Gasteiger partial charge in [-0.05, 0) is 18.1 Å². The van der Waals surface area contributed by atoms with E-state index in [1.54, 1.807) is 14.2 Å². The number of hydrogen-bond donors (Lipinski definition) is 1. The van der Waals surface area contributed by atoms with Gasteiger partial charge in [0.25, 0.3) is 0 Å². The van der Waals surface area contributed by atoms with Gasteiger partial charge in [-0.15, -0.1) is 0 Å². The van der Waals surface area contributed by atoms with Gasteiger partial charge in [-0.2, -0.15) is 0 Å². The number of piperazine rings is 1. The summed E-state index contributed by atoms with van der Waals surface area (Å²) >= 11 is 0. The lowest BCUT2D eigenvalue weighted by Crippen LogP contribution is -2.46. The van der Waals surface area contributed by atoms with Crippen LogP contribution in [-0.4, -0.2) is 51.2 Å². The standard InChI is InChI=1S/C15H22N2O3/c1-19-13-5-3-12(14(11-13)20-2)4-6-15(18)17-9-7-16-8-10-17/h3,5,11,16H,4,6-10H2,1-2H3. The number of methoxy groups -OCH3 is 2. The van der Waals surface area contributed by atoms with Crippen LogP contribution in [0.4, 0.5) is 0 Å². The van der Waals surface area contributed by atoms with Gasteiger partial charge in [-0.1, -0.05) is 6.07 Å². The number of amides is 1. The van der Waals surface area contributed by atoms with Crippen LogP contribution in [0.15, 0.2) is 18.2 Å². The number of carbonyl (C=O) groups is 1. The summed E-state index contributed by atoms with van der Waals surface area (Å²) in [6.07, 6.45) is 1.21. The number of benzene rings is 1. The Kier molecular flexibility index (Phi) is 5.24. The van der Waals surface area contributed by atoms with Crippen LogP contribution in [0.25, 0.3) is 0 Å². The molecule has 0 aromatic heterocycles. The molecule has 0 atom stereocenters. The molecule has 0 unspecified atom stereocenters. The Balaban J connectivity index is 1.94. The molecule has 0 spiro atoms. The number of rotatable bonds is 5. The van der Waals surface area contributed by atoms with E-state index in [1.807, 2.05) is 23.1 Å². The molecule has 1 saturated heterocycles. The van der Waals surface area contributed by atoms with Gasteiger partial charge in [-0.3, -0.25) is 4.79 Å². The van der Waals surface area contributed by atoms with Gasteiger partial charge in [0.15, 0.2) is 0 Å². The summed E-state index contributed by atoms with van der Waals surface area (Å²) in [7, 11) is 3.26. The summed E-state index contributed by atoms with van der Waals surface area (Å²) in [6, 6.07) is 5.71. The Bertz CT molecular complexity index is 456. The Morgan fingerprint density at radius 2 is 2.00 bits per heavy atom. The number of aryl methyl sites for hydroxylation is 1. The molecule has 1 fully saturated rings. The average Bonchev–Trinajstić information content (AvgIpc) is 2.53. The molecule has 1 aromatic carbocycles. The Morgan fingerprint density at radius 3 is 2.65 bits per heavy atom. The molecule has 0 bridgehead atoms. The molecule has 1 N–H and O–H groups in total. The number of carbonyl (C=O) groups excluding carboxylic acids is 1. The highest BCUT2D eigenvalue weighted by Crippen LogP contribution is 2.25. The molecule has 5 nitrogen and oxygen atoms in total. The number of nitrogens with zero attached hydrogens (tertiary/aromatic N) is 1. The summed E-state index contributed by atoms with van der Waals surface area (Å²) in [5.74, 6) is 1.75. The fourth-order valence-corrected chi connectivity index (χ4v) is 2.37. The largest absolute Gasteiger partial charge is 0.497 e. The molecule has 1 aliphatic rings. The van der Waals surface area contributed by atoms with E-state index in [4.69, 9.17) is 9.47 Å². The zero-order valence-electron chi connectivity index (χ0n) is 12.1. The predicted octanol–water partition coefficient (Wildman–Crippen LogP) is 1.07. The Morgan fingerprint density at radius 1 is 1.25 bits per heavy atom. The maximum atomic E-state index is 12.1. The number of ether oxygens (including phenoxy) is 2. The molecule has 20 heavy (non-hydrogen) atoms. The van der Waals surface area contributed by atoms with Crippen LogP contribution >= 0.6 is 0 Å². The summed E-state index contributed by atoms with van der Waals surface area (Å²) in [4.78, 5) is 14.0. The molecule has 0 saturated carbocycles. The van der Waals surface area contributed by atoms with Crippen LogP contribution in [0.1, 0.15) is 12.0 Å². The van der Waals surface area contributed by atoms with Gasteiger partial charge in [0.2, 0.25) is 5.91 Å². The summed E-state index contributed by atoms with van der Waals surface area (Å²) in [5, 5.41) is 3.25. The Labute approximate surface area is 119 Å². The second-order valence-electron chi connectivity index (χ2n) is 4.81. The van der Waals surface area contributed by atoms with E-state index < -0.39 is 0 Å². The molecule has 1 aliphatic heterocycles. The molecule has 0 radical (unpaired) electrons. The van der Waals surface area contributed by atoms with Crippen molar-refractivity contribution in [2.75, 3.05) is 40.4 Å². The minimum absolute atomic E-state index is 0.212. The molecule has 1 aromatic rings. The van der Waals surface area contributed by atoms with Crippen molar-refractivity contribution in [3.05, 3.63) is 23.8 Å². The predicted molar refractivity (Wildman–Crippen MR) is 77.3 cm³/mol. The van der Waals surface area contributed by atoms with Crippen molar-refractivity contribution in [3.8, 4) is 11.5 Å².